The van der Waals surface area contributed by atoms with E-state index in [4.69, 9.17) is 0 Å². The molecule has 2 aromatic rings. The quantitative estimate of drug-likeness (QED) is 0.835. The SMILES string of the molecule is CCC(C)c1ccc(NC(=O)c2cccnc2)c(O)c1. The van der Waals surface area contributed by atoms with Crippen molar-refractivity contribution in [2.45, 2.75) is 26.2 Å². The predicted octanol–water partition coefficient (Wildman–Crippen LogP) is 3.55. The number of phenols is 1. The van der Waals surface area contributed by atoms with E-state index in [9.17, 15) is 9.90 Å². The standard InChI is InChI=1S/C16H18N2O2/c1-3-11(2)12-6-7-14(15(19)9-12)18-16(20)13-5-4-8-17-10-13/h4-11,19H,3H2,1-2H3,(H,18,20). The summed E-state index contributed by atoms with van der Waals surface area (Å²) in [5, 5.41) is 12.7. The highest BCUT2D eigenvalue weighted by molar-refractivity contribution is 6.04. The van der Waals surface area contributed by atoms with Crippen molar-refractivity contribution in [2.24, 2.45) is 0 Å². The van der Waals surface area contributed by atoms with Gasteiger partial charge < -0.3 is 10.4 Å². The second-order valence-electron chi connectivity index (χ2n) is 4.78. The van der Waals surface area contributed by atoms with Gasteiger partial charge in [-0.2, -0.15) is 0 Å². The largest absolute Gasteiger partial charge is 0.506 e. The number of nitrogens with one attached hydrogen (secondary N) is 1. The summed E-state index contributed by atoms with van der Waals surface area (Å²) >= 11 is 0. The molecule has 1 aromatic carbocycles. The van der Waals surface area contributed by atoms with E-state index in [1.807, 2.05) is 6.07 Å². The summed E-state index contributed by atoms with van der Waals surface area (Å²) in [4.78, 5) is 15.9. The van der Waals surface area contributed by atoms with Crippen LogP contribution < -0.4 is 5.32 Å². The van der Waals surface area contributed by atoms with Crippen LogP contribution >= 0.6 is 0 Å². The van der Waals surface area contributed by atoms with E-state index in [0.29, 0.717) is 17.2 Å². The van der Waals surface area contributed by atoms with Gasteiger partial charge in [-0.15, -0.1) is 0 Å². The summed E-state index contributed by atoms with van der Waals surface area (Å²) in [6, 6.07) is 8.72. The smallest absolute Gasteiger partial charge is 0.257 e. The van der Waals surface area contributed by atoms with Crippen LogP contribution in [0.25, 0.3) is 0 Å². The van der Waals surface area contributed by atoms with Gasteiger partial charge in [0.05, 0.1) is 11.3 Å². The van der Waals surface area contributed by atoms with Crippen LogP contribution in [0, 0.1) is 0 Å². The van der Waals surface area contributed by atoms with E-state index in [2.05, 4.69) is 24.1 Å². The number of hydrogen-bond acceptors (Lipinski definition) is 3. The second-order valence-corrected chi connectivity index (χ2v) is 4.78. The van der Waals surface area contributed by atoms with Gasteiger partial charge in [0.15, 0.2) is 0 Å². The van der Waals surface area contributed by atoms with E-state index >= 15 is 0 Å². The Kier molecular flexibility index (Phi) is 4.35. The lowest BCUT2D eigenvalue weighted by atomic mass is 9.98. The highest BCUT2D eigenvalue weighted by Gasteiger charge is 2.11. The summed E-state index contributed by atoms with van der Waals surface area (Å²) in [6.07, 6.45) is 4.09. The van der Waals surface area contributed by atoms with Gasteiger partial charge in [-0.05, 0) is 42.2 Å². The van der Waals surface area contributed by atoms with Gasteiger partial charge in [0.1, 0.15) is 5.75 Å². The number of pyridine rings is 1. The Morgan fingerprint density at radius 3 is 2.80 bits per heavy atom. The minimum Gasteiger partial charge on any atom is -0.506 e. The summed E-state index contributed by atoms with van der Waals surface area (Å²) in [6.45, 7) is 4.20. The van der Waals surface area contributed by atoms with Crippen LogP contribution in [0.2, 0.25) is 0 Å². The number of aromatic hydroxyl groups is 1. The van der Waals surface area contributed by atoms with E-state index in [0.717, 1.165) is 12.0 Å². The highest BCUT2D eigenvalue weighted by Crippen LogP contribution is 2.29. The Labute approximate surface area is 118 Å². The minimum atomic E-state index is -0.287. The first kappa shape index (κ1) is 14.1. The maximum absolute atomic E-state index is 12.0. The molecule has 104 valence electrons. The number of anilines is 1. The summed E-state index contributed by atoms with van der Waals surface area (Å²) in [7, 11) is 0. The monoisotopic (exact) mass is 270 g/mol. The summed E-state index contributed by atoms with van der Waals surface area (Å²) in [5.41, 5.74) is 1.92. The molecule has 4 heteroatoms. The zero-order valence-electron chi connectivity index (χ0n) is 11.6. The van der Waals surface area contributed by atoms with E-state index in [1.165, 1.54) is 6.20 Å². The third kappa shape index (κ3) is 3.15. The first-order valence-electron chi connectivity index (χ1n) is 6.66. The van der Waals surface area contributed by atoms with Gasteiger partial charge in [0.2, 0.25) is 0 Å². The number of amides is 1. The van der Waals surface area contributed by atoms with Gasteiger partial charge in [0.25, 0.3) is 5.91 Å². The molecule has 0 aliphatic heterocycles. The molecule has 0 saturated heterocycles. The highest BCUT2D eigenvalue weighted by atomic mass is 16.3. The van der Waals surface area contributed by atoms with Crippen LogP contribution in [0.3, 0.4) is 0 Å². The number of carbonyl (C=O) groups excluding carboxylic acids is 1. The van der Waals surface area contributed by atoms with Gasteiger partial charge in [0, 0.05) is 12.4 Å². The van der Waals surface area contributed by atoms with Crippen molar-refractivity contribution in [1.82, 2.24) is 4.98 Å². The van der Waals surface area contributed by atoms with Crippen LogP contribution in [0.15, 0.2) is 42.7 Å². The summed E-state index contributed by atoms with van der Waals surface area (Å²) in [5.74, 6) is 0.175. The fourth-order valence-electron chi connectivity index (χ4n) is 1.89. The van der Waals surface area contributed by atoms with Crippen LogP contribution in [0.5, 0.6) is 5.75 Å². The molecular weight excluding hydrogens is 252 g/mol. The topological polar surface area (TPSA) is 62.2 Å². The Balaban J connectivity index is 2.16. The first-order valence-corrected chi connectivity index (χ1v) is 6.66. The maximum atomic E-state index is 12.0. The number of carbonyl (C=O) groups is 1. The molecule has 4 nitrogen and oxygen atoms in total. The molecule has 0 fully saturated rings. The third-order valence-electron chi connectivity index (χ3n) is 3.38. The van der Waals surface area contributed by atoms with Gasteiger partial charge in [-0.25, -0.2) is 0 Å². The third-order valence-corrected chi connectivity index (χ3v) is 3.38. The lowest BCUT2D eigenvalue weighted by molar-refractivity contribution is 0.102. The molecule has 20 heavy (non-hydrogen) atoms. The molecule has 0 radical (unpaired) electrons. The minimum absolute atomic E-state index is 0.0834. The fourth-order valence-corrected chi connectivity index (χ4v) is 1.89. The number of benzene rings is 1. The Hall–Kier alpha value is -2.36. The first-order chi connectivity index (χ1) is 9.61. The number of aromatic nitrogens is 1. The average molecular weight is 270 g/mol. The van der Waals surface area contributed by atoms with Crippen LogP contribution in [0.4, 0.5) is 5.69 Å². The number of rotatable bonds is 4. The molecular formula is C16H18N2O2. The van der Waals surface area contributed by atoms with Gasteiger partial charge in [-0.3, -0.25) is 9.78 Å². The van der Waals surface area contributed by atoms with Crippen molar-refractivity contribution in [2.75, 3.05) is 5.32 Å². The van der Waals surface area contributed by atoms with E-state index in [1.54, 1.807) is 30.5 Å². The van der Waals surface area contributed by atoms with E-state index < -0.39 is 0 Å². The molecule has 2 rings (SSSR count). The number of phenolic OH excluding ortho intramolecular Hbond substituents is 1. The maximum Gasteiger partial charge on any atom is 0.257 e. The summed E-state index contributed by atoms with van der Waals surface area (Å²) < 4.78 is 0. The van der Waals surface area contributed by atoms with Crippen molar-refractivity contribution >= 4 is 11.6 Å². The van der Waals surface area contributed by atoms with Gasteiger partial charge >= 0.3 is 0 Å². The molecule has 2 N–H and O–H groups in total. The zero-order chi connectivity index (χ0) is 14.5. The van der Waals surface area contributed by atoms with Crippen molar-refractivity contribution < 1.29 is 9.90 Å². The van der Waals surface area contributed by atoms with Crippen molar-refractivity contribution in [3.05, 3.63) is 53.9 Å². The van der Waals surface area contributed by atoms with Crippen molar-refractivity contribution in [3.63, 3.8) is 0 Å². The Bertz CT molecular complexity index is 597. The Morgan fingerprint density at radius 2 is 2.20 bits per heavy atom. The zero-order valence-corrected chi connectivity index (χ0v) is 11.6. The molecule has 0 aliphatic rings. The predicted molar refractivity (Wildman–Crippen MR) is 79.0 cm³/mol. The van der Waals surface area contributed by atoms with Gasteiger partial charge in [-0.1, -0.05) is 19.9 Å². The molecule has 1 atom stereocenters. The van der Waals surface area contributed by atoms with Crippen LogP contribution in [0.1, 0.15) is 42.1 Å². The molecule has 0 saturated carbocycles. The molecule has 1 heterocycles. The molecule has 0 bridgehead atoms. The second kappa shape index (κ2) is 6.19. The number of nitrogens with zero attached hydrogens (tertiary/aromatic N) is 1. The number of hydrogen-bond donors (Lipinski definition) is 2. The molecule has 0 aliphatic carbocycles. The Morgan fingerprint density at radius 1 is 1.40 bits per heavy atom. The lowest BCUT2D eigenvalue weighted by Crippen LogP contribution is -2.12. The van der Waals surface area contributed by atoms with Crippen molar-refractivity contribution in [1.29, 1.82) is 0 Å². The lowest BCUT2D eigenvalue weighted by Gasteiger charge is -2.12. The molecule has 1 unspecified atom stereocenters. The van der Waals surface area contributed by atoms with Crippen molar-refractivity contribution in [3.8, 4) is 5.75 Å². The van der Waals surface area contributed by atoms with Crippen LogP contribution in [-0.4, -0.2) is 16.0 Å². The normalized spacial score (nSPS) is 11.9. The van der Waals surface area contributed by atoms with E-state index in [-0.39, 0.29) is 11.7 Å². The van der Waals surface area contributed by atoms with Crippen LogP contribution in [-0.2, 0) is 0 Å². The molecule has 1 aromatic heterocycles. The molecule has 1 amide bonds. The average Bonchev–Trinajstić information content (AvgIpc) is 2.49. The molecule has 0 spiro atoms. The fraction of sp³-hybridized carbons (Fsp3) is 0.250.